The average Bonchev–Trinajstić information content (AvgIpc) is 2.90. The number of hydrogen-bond donors (Lipinski definition) is 0. The van der Waals surface area contributed by atoms with Gasteiger partial charge in [-0.1, -0.05) is 6.58 Å². The molecule has 17 heavy (non-hydrogen) atoms. The molecule has 0 aliphatic carbocycles. The predicted octanol–water partition coefficient (Wildman–Crippen LogP) is 1.62. The van der Waals surface area contributed by atoms with Crippen molar-refractivity contribution in [1.29, 1.82) is 0 Å². The smallest absolute Gasteiger partial charge is 0.498 e. The first-order valence-electron chi connectivity index (χ1n) is 5.89. The maximum Gasteiger partial charge on any atom is 0.509 e. The minimum absolute atomic E-state index is 0.0988. The van der Waals surface area contributed by atoms with Gasteiger partial charge in [0.05, 0.1) is 18.5 Å². The number of cyclic esters (lactones) is 1. The highest BCUT2D eigenvalue weighted by molar-refractivity contribution is 5.63. The van der Waals surface area contributed by atoms with Crippen LogP contribution >= 0.6 is 0 Å². The zero-order chi connectivity index (χ0) is 12.0. The Labute approximate surface area is 99.7 Å². The van der Waals surface area contributed by atoms with Crippen molar-refractivity contribution >= 4 is 6.16 Å². The highest BCUT2D eigenvalue weighted by Crippen LogP contribution is 2.49. The summed E-state index contributed by atoms with van der Waals surface area (Å²) < 4.78 is 21.5. The number of hydrogen-bond acceptors (Lipinski definition) is 5. The summed E-state index contributed by atoms with van der Waals surface area (Å²) in [5, 5.41) is 0. The summed E-state index contributed by atoms with van der Waals surface area (Å²) in [5.41, 5.74) is -0.566. The molecule has 0 N–H and O–H groups in total. The molecular formula is C12H16O5. The minimum Gasteiger partial charge on any atom is -0.498 e. The number of carbonyl (C=O) groups is 1. The van der Waals surface area contributed by atoms with Gasteiger partial charge in [0.25, 0.3) is 0 Å². The Morgan fingerprint density at radius 2 is 2.47 bits per heavy atom. The third-order valence-electron chi connectivity index (χ3n) is 3.69. The van der Waals surface area contributed by atoms with Gasteiger partial charge in [-0.05, 0) is 13.3 Å². The summed E-state index contributed by atoms with van der Waals surface area (Å²) in [6, 6.07) is 0. The van der Waals surface area contributed by atoms with E-state index in [1.807, 2.05) is 6.92 Å². The van der Waals surface area contributed by atoms with E-state index in [1.165, 1.54) is 0 Å². The first kappa shape index (κ1) is 10.9. The van der Waals surface area contributed by atoms with E-state index >= 15 is 0 Å². The van der Waals surface area contributed by atoms with Crippen molar-refractivity contribution < 1.29 is 23.7 Å². The molecule has 3 rings (SSSR count). The molecular weight excluding hydrogens is 224 g/mol. The SMILES string of the molecule is C=C(C)OCC1CC2CC3(COC(=O)O3)C1O2. The molecule has 0 amide bonds. The van der Waals surface area contributed by atoms with Gasteiger partial charge in [-0.3, -0.25) is 0 Å². The van der Waals surface area contributed by atoms with Crippen LogP contribution in [-0.4, -0.2) is 37.2 Å². The Morgan fingerprint density at radius 3 is 3.06 bits per heavy atom. The Hall–Kier alpha value is -1.23. The molecule has 3 aliphatic heterocycles. The molecule has 3 saturated heterocycles. The van der Waals surface area contributed by atoms with Crippen molar-refractivity contribution in [2.24, 2.45) is 5.92 Å². The molecule has 1 spiro atoms. The highest BCUT2D eigenvalue weighted by atomic mass is 16.8. The van der Waals surface area contributed by atoms with Gasteiger partial charge in [0, 0.05) is 12.3 Å². The number of rotatable bonds is 3. The molecule has 0 aromatic heterocycles. The van der Waals surface area contributed by atoms with Crippen molar-refractivity contribution in [3.63, 3.8) is 0 Å². The van der Waals surface area contributed by atoms with Crippen LogP contribution in [0.1, 0.15) is 19.8 Å². The van der Waals surface area contributed by atoms with E-state index in [4.69, 9.17) is 18.9 Å². The van der Waals surface area contributed by atoms with Crippen molar-refractivity contribution in [3.8, 4) is 0 Å². The first-order valence-corrected chi connectivity index (χ1v) is 5.89. The van der Waals surface area contributed by atoms with Gasteiger partial charge in [-0.15, -0.1) is 0 Å². The lowest BCUT2D eigenvalue weighted by Gasteiger charge is -2.32. The van der Waals surface area contributed by atoms with E-state index in [-0.39, 0.29) is 18.1 Å². The summed E-state index contributed by atoms with van der Waals surface area (Å²) in [4.78, 5) is 11.1. The molecule has 3 aliphatic rings. The van der Waals surface area contributed by atoms with Crippen LogP contribution in [0, 0.1) is 5.92 Å². The zero-order valence-electron chi connectivity index (χ0n) is 9.81. The lowest BCUT2D eigenvalue weighted by Crippen LogP contribution is -2.47. The fourth-order valence-corrected chi connectivity index (χ4v) is 3.07. The van der Waals surface area contributed by atoms with Crippen molar-refractivity contribution in [1.82, 2.24) is 0 Å². The van der Waals surface area contributed by atoms with Crippen LogP contribution < -0.4 is 0 Å². The van der Waals surface area contributed by atoms with E-state index in [1.54, 1.807) is 0 Å². The number of fused-ring (bicyclic) bond motifs is 3. The van der Waals surface area contributed by atoms with Gasteiger partial charge in [0.2, 0.25) is 0 Å². The van der Waals surface area contributed by atoms with E-state index < -0.39 is 11.8 Å². The predicted molar refractivity (Wildman–Crippen MR) is 57.3 cm³/mol. The molecule has 0 aromatic carbocycles. The number of allylic oxidation sites excluding steroid dienone is 1. The molecule has 0 saturated carbocycles. The van der Waals surface area contributed by atoms with Gasteiger partial charge < -0.3 is 18.9 Å². The Kier molecular flexibility index (Phi) is 2.33. The van der Waals surface area contributed by atoms with Crippen molar-refractivity contribution in [3.05, 3.63) is 12.3 Å². The van der Waals surface area contributed by atoms with E-state index in [0.29, 0.717) is 19.0 Å². The van der Waals surface area contributed by atoms with Crippen LogP contribution in [0.15, 0.2) is 12.3 Å². The molecule has 5 nitrogen and oxygen atoms in total. The maximum atomic E-state index is 11.1. The fourth-order valence-electron chi connectivity index (χ4n) is 3.07. The van der Waals surface area contributed by atoms with Crippen LogP contribution in [0.3, 0.4) is 0 Å². The van der Waals surface area contributed by atoms with Crippen molar-refractivity contribution in [2.45, 2.75) is 37.6 Å². The summed E-state index contributed by atoms with van der Waals surface area (Å²) in [6.45, 7) is 6.40. The van der Waals surface area contributed by atoms with Crippen LogP contribution in [0.5, 0.6) is 0 Å². The Balaban J connectivity index is 1.70. The van der Waals surface area contributed by atoms with Gasteiger partial charge in [-0.2, -0.15) is 0 Å². The minimum atomic E-state index is -0.583. The molecule has 0 radical (unpaired) electrons. The van der Waals surface area contributed by atoms with Crippen LogP contribution in [0.2, 0.25) is 0 Å². The summed E-state index contributed by atoms with van der Waals surface area (Å²) in [6.07, 6.45) is 1.18. The van der Waals surface area contributed by atoms with Gasteiger partial charge >= 0.3 is 6.16 Å². The standard InChI is InChI=1S/C12H16O5/c1-7(2)14-5-8-3-9-4-12(10(8)16-9)6-15-11(13)17-12/h8-10H,1,3-6H2,2H3. The Bertz CT molecular complexity index is 366. The largest absolute Gasteiger partial charge is 0.509 e. The summed E-state index contributed by atoms with van der Waals surface area (Å²) in [7, 11) is 0. The van der Waals surface area contributed by atoms with Crippen LogP contribution in [0.25, 0.3) is 0 Å². The molecule has 4 atom stereocenters. The molecule has 5 heteroatoms. The van der Waals surface area contributed by atoms with E-state index in [9.17, 15) is 4.79 Å². The van der Waals surface area contributed by atoms with Crippen LogP contribution in [-0.2, 0) is 18.9 Å². The van der Waals surface area contributed by atoms with E-state index in [0.717, 1.165) is 12.8 Å². The zero-order valence-corrected chi connectivity index (χ0v) is 9.81. The lowest BCUT2D eigenvalue weighted by molar-refractivity contribution is -0.0411. The third-order valence-corrected chi connectivity index (χ3v) is 3.69. The van der Waals surface area contributed by atoms with Crippen molar-refractivity contribution in [2.75, 3.05) is 13.2 Å². The third kappa shape index (κ3) is 1.69. The second kappa shape index (κ2) is 3.63. The fraction of sp³-hybridized carbons (Fsp3) is 0.750. The average molecular weight is 240 g/mol. The van der Waals surface area contributed by atoms with Gasteiger partial charge in [0.1, 0.15) is 12.7 Å². The molecule has 3 heterocycles. The normalized spacial score (nSPS) is 42.6. The van der Waals surface area contributed by atoms with Gasteiger partial charge in [-0.25, -0.2) is 4.79 Å². The first-order chi connectivity index (χ1) is 8.09. The molecule has 94 valence electrons. The second-order valence-electron chi connectivity index (χ2n) is 5.10. The summed E-state index contributed by atoms with van der Waals surface area (Å²) >= 11 is 0. The number of ether oxygens (including phenoxy) is 4. The maximum absolute atomic E-state index is 11.1. The molecule has 2 bridgehead atoms. The van der Waals surface area contributed by atoms with Gasteiger partial charge in [0.15, 0.2) is 5.60 Å². The van der Waals surface area contributed by atoms with E-state index in [2.05, 4.69) is 6.58 Å². The topological polar surface area (TPSA) is 54.0 Å². The molecule has 4 unspecified atom stereocenters. The lowest BCUT2D eigenvalue weighted by atomic mass is 9.78. The molecule has 3 fully saturated rings. The number of carbonyl (C=O) groups excluding carboxylic acids is 1. The quantitative estimate of drug-likeness (QED) is 0.554. The second-order valence-corrected chi connectivity index (χ2v) is 5.10. The van der Waals surface area contributed by atoms with Crippen LogP contribution in [0.4, 0.5) is 4.79 Å². The molecule has 0 aromatic rings. The highest BCUT2D eigenvalue weighted by Gasteiger charge is 2.63. The summed E-state index contributed by atoms with van der Waals surface area (Å²) in [5.74, 6) is 0.946. The monoisotopic (exact) mass is 240 g/mol. The Morgan fingerprint density at radius 1 is 1.65 bits per heavy atom.